The van der Waals surface area contributed by atoms with E-state index in [4.69, 9.17) is 9.47 Å². The monoisotopic (exact) mass is 251 g/mol. The van der Waals surface area contributed by atoms with E-state index in [-0.39, 0.29) is 6.10 Å². The Labute approximate surface area is 110 Å². The molecule has 0 aliphatic rings. The van der Waals surface area contributed by atoms with Crippen molar-refractivity contribution in [3.63, 3.8) is 0 Å². The van der Waals surface area contributed by atoms with Gasteiger partial charge in [-0.15, -0.1) is 0 Å². The van der Waals surface area contributed by atoms with Crippen LogP contribution in [0, 0.1) is 0 Å². The second-order valence-corrected chi connectivity index (χ2v) is 4.29. The molecule has 0 aliphatic carbocycles. The average Bonchev–Trinajstić information content (AvgIpc) is 2.42. The molecule has 0 saturated heterocycles. The number of hydrogen-bond acceptors (Lipinski definition) is 3. The normalized spacial score (nSPS) is 10.7. The van der Waals surface area contributed by atoms with E-state index >= 15 is 0 Å². The molecular weight excluding hydrogens is 226 g/mol. The van der Waals surface area contributed by atoms with E-state index in [2.05, 4.69) is 32.2 Å². The minimum Gasteiger partial charge on any atom is -0.493 e. The van der Waals surface area contributed by atoms with Gasteiger partial charge in [0.15, 0.2) is 11.5 Å². The number of hydrogen-bond donors (Lipinski definition) is 1. The summed E-state index contributed by atoms with van der Waals surface area (Å²) in [5.41, 5.74) is 1.16. The van der Waals surface area contributed by atoms with Gasteiger partial charge in [0, 0.05) is 12.1 Å². The lowest BCUT2D eigenvalue weighted by molar-refractivity contribution is 0.182. The Kier molecular flexibility index (Phi) is 6.58. The van der Waals surface area contributed by atoms with Gasteiger partial charge in [-0.3, -0.25) is 0 Å². The maximum Gasteiger partial charge on any atom is 0.166 e. The maximum absolute atomic E-state index is 6.10. The molecule has 0 spiro atoms. The summed E-state index contributed by atoms with van der Waals surface area (Å²) in [6.45, 7) is 8.15. The third kappa shape index (κ3) is 3.91. The van der Waals surface area contributed by atoms with Crippen LogP contribution >= 0.6 is 0 Å². The topological polar surface area (TPSA) is 30.5 Å². The summed E-state index contributed by atoms with van der Waals surface area (Å²) in [6, 6.07) is 6.04. The zero-order valence-electron chi connectivity index (χ0n) is 12.0. The molecule has 0 radical (unpaired) electrons. The fourth-order valence-corrected chi connectivity index (χ4v) is 1.88. The van der Waals surface area contributed by atoms with E-state index in [1.54, 1.807) is 7.11 Å². The van der Waals surface area contributed by atoms with E-state index in [9.17, 15) is 0 Å². The fraction of sp³-hybridized carbons (Fsp3) is 0.600. The van der Waals surface area contributed by atoms with Crippen LogP contribution in [0.1, 0.15) is 39.2 Å². The van der Waals surface area contributed by atoms with Crippen molar-refractivity contribution in [2.45, 2.75) is 46.3 Å². The van der Waals surface area contributed by atoms with E-state index in [1.807, 2.05) is 12.1 Å². The molecule has 0 fully saturated rings. The van der Waals surface area contributed by atoms with Crippen molar-refractivity contribution in [2.75, 3.05) is 13.7 Å². The molecule has 3 nitrogen and oxygen atoms in total. The summed E-state index contributed by atoms with van der Waals surface area (Å²) in [6.07, 6.45) is 2.27. The second kappa shape index (κ2) is 7.98. The quantitative estimate of drug-likeness (QED) is 0.768. The molecule has 0 aliphatic heterocycles. The molecule has 1 N–H and O–H groups in total. The van der Waals surface area contributed by atoms with Crippen LogP contribution in [0.2, 0.25) is 0 Å². The van der Waals surface area contributed by atoms with Crippen LogP contribution in [0.15, 0.2) is 18.2 Å². The molecule has 0 aromatic heterocycles. The van der Waals surface area contributed by atoms with Gasteiger partial charge in [-0.05, 0) is 25.5 Å². The first-order valence-electron chi connectivity index (χ1n) is 6.79. The van der Waals surface area contributed by atoms with E-state index in [0.29, 0.717) is 0 Å². The van der Waals surface area contributed by atoms with Gasteiger partial charge >= 0.3 is 0 Å². The van der Waals surface area contributed by atoms with Crippen LogP contribution in [0.25, 0.3) is 0 Å². The SMILES string of the molecule is CCNCc1cccc(OC)c1OC(CC)CC. The smallest absolute Gasteiger partial charge is 0.166 e. The molecular formula is C15H25NO2. The zero-order chi connectivity index (χ0) is 13.4. The van der Waals surface area contributed by atoms with Gasteiger partial charge in [-0.2, -0.15) is 0 Å². The molecule has 0 saturated carbocycles. The van der Waals surface area contributed by atoms with Crippen molar-refractivity contribution in [1.82, 2.24) is 5.32 Å². The first-order chi connectivity index (χ1) is 8.76. The Morgan fingerprint density at radius 1 is 1.17 bits per heavy atom. The lowest BCUT2D eigenvalue weighted by Gasteiger charge is -2.20. The highest BCUT2D eigenvalue weighted by molar-refractivity contribution is 5.46. The summed E-state index contributed by atoms with van der Waals surface area (Å²) in [5, 5.41) is 3.33. The summed E-state index contributed by atoms with van der Waals surface area (Å²) in [7, 11) is 1.69. The Bertz CT molecular complexity index is 348. The van der Waals surface area contributed by atoms with Crippen LogP contribution in [-0.4, -0.2) is 19.8 Å². The minimum absolute atomic E-state index is 0.252. The largest absolute Gasteiger partial charge is 0.493 e. The minimum atomic E-state index is 0.252. The number of para-hydroxylation sites is 1. The van der Waals surface area contributed by atoms with Gasteiger partial charge in [0.2, 0.25) is 0 Å². The van der Waals surface area contributed by atoms with E-state index in [1.165, 1.54) is 0 Å². The summed E-state index contributed by atoms with van der Waals surface area (Å²) >= 11 is 0. The predicted molar refractivity (Wildman–Crippen MR) is 75.4 cm³/mol. The molecule has 1 aromatic rings. The number of rotatable bonds is 8. The highest BCUT2D eigenvalue weighted by Crippen LogP contribution is 2.32. The highest BCUT2D eigenvalue weighted by atomic mass is 16.5. The van der Waals surface area contributed by atoms with Crippen molar-refractivity contribution in [3.8, 4) is 11.5 Å². The second-order valence-electron chi connectivity index (χ2n) is 4.29. The van der Waals surface area contributed by atoms with Gasteiger partial charge in [0.25, 0.3) is 0 Å². The predicted octanol–water partition coefficient (Wildman–Crippen LogP) is 3.37. The number of nitrogens with one attached hydrogen (secondary N) is 1. The molecule has 0 atom stereocenters. The third-order valence-electron chi connectivity index (χ3n) is 3.04. The summed E-state index contributed by atoms with van der Waals surface area (Å²) in [5.74, 6) is 1.70. The average molecular weight is 251 g/mol. The van der Waals surface area contributed by atoms with Gasteiger partial charge in [0.1, 0.15) is 0 Å². The van der Waals surface area contributed by atoms with Crippen LogP contribution in [0.3, 0.4) is 0 Å². The number of ether oxygens (including phenoxy) is 2. The number of methoxy groups -OCH3 is 1. The maximum atomic E-state index is 6.10. The Balaban J connectivity index is 2.95. The summed E-state index contributed by atoms with van der Waals surface area (Å²) in [4.78, 5) is 0. The lowest BCUT2D eigenvalue weighted by atomic mass is 10.1. The molecule has 1 rings (SSSR count). The van der Waals surface area contributed by atoms with Crippen molar-refractivity contribution in [2.24, 2.45) is 0 Å². The van der Waals surface area contributed by atoms with Crippen LogP contribution in [0.5, 0.6) is 11.5 Å². The van der Waals surface area contributed by atoms with Crippen molar-refractivity contribution in [3.05, 3.63) is 23.8 Å². The molecule has 3 heteroatoms. The molecule has 102 valence electrons. The van der Waals surface area contributed by atoms with Crippen molar-refractivity contribution < 1.29 is 9.47 Å². The molecule has 1 aromatic carbocycles. The van der Waals surface area contributed by atoms with Gasteiger partial charge in [-0.25, -0.2) is 0 Å². The van der Waals surface area contributed by atoms with Gasteiger partial charge < -0.3 is 14.8 Å². The fourth-order valence-electron chi connectivity index (χ4n) is 1.88. The van der Waals surface area contributed by atoms with E-state index < -0.39 is 0 Å². The summed E-state index contributed by atoms with van der Waals surface area (Å²) < 4.78 is 11.5. The Morgan fingerprint density at radius 2 is 1.89 bits per heavy atom. The lowest BCUT2D eigenvalue weighted by Crippen LogP contribution is -2.18. The first kappa shape index (κ1) is 14.8. The van der Waals surface area contributed by atoms with Crippen molar-refractivity contribution >= 4 is 0 Å². The molecule has 0 bridgehead atoms. The van der Waals surface area contributed by atoms with Crippen molar-refractivity contribution in [1.29, 1.82) is 0 Å². The van der Waals surface area contributed by atoms with E-state index in [0.717, 1.165) is 43.0 Å². The molecule has 18 heavy (non-hydrogen) atoms. The van der Waals surface area contributed by atoms with Gasteiger partial charge in [0.05, 0.1) is 13.2 Å². The van der Waals surface area contributed by atoms with Crippen LogP contribution < -0.4 is 14.8 Å². The standard InChI is InChI=1S/C15H25NO2/c1-5-13(6-2)18-15-12(11-16-7-3)9-8-10-14(15)17-4/h8-10,13,16H,5-7,11H2,1-4H3. The number of benzene rings is 1. The molecule has 0 heterocycles. The molecule has 0 unspecified atom stereocenters. The van der Waals surface area contributed by atoms with Crippen LogP contribution in [0.4, 0.5) is 0 Å². The highest BCUT2D eigenvalue weighted by Gasteiger charge is 2.14. The Morgan fingerprint density at radius 3 is 2.44 bits per heavy atom. The Hall–Kier alpha value is -1.22. The third-order valence-corrected chi connectivity index (χ3v) is 3.04. The van der Waals surface area contributed by atoms with Crippen LogP contribution in [-0.2, 0) is 6.54 Å². The molecule has 0 amide bonds. The van der Waals surface area contributed by atoms with Gasteiger partial charge in [-0.1, -0.05) is 32.9 Å². The zero-order valence-corrected chi connectivity index (χ0v) is 12.0. The first-order valence-corrected chi connectivity index (χ1v) is 6.79.